The topological polar surface area (TPSA) is 169 Å². The third-order valence-electron chi connectivity index (χ3n) is 14.0. The number of hydrogen-bond acceptors (Lipinski definition) is 9. The van der Waals surface area contributed by atoms with Gasteiger partial charge in [-0.25, -0.2) is 53.4 Å². The molecule has 0 saturated heterocycles. The summed E-state index contributed by atoms with van der Waals surface area (Å²) >= 11 is 6.75. The minimum Gasteiger partial charge on any atom is -0.305 e. The molecule has 414 valence electrons. The van der Waals surface area contributed by atoms with Crippen molar-refractivity contribution in [3.05, 3.63) is 314 Å². The van der Waals surface area contributed by atoms with E-state index in [0.717, 1.165) is 82.1 Å². The Kier molecular flexibility index (Phi) is 15.2. The molecule has 0 fully saturated rings. The summed E-state index contributed by atoms with van der Waals surface area (Å²) in [5, 5.41) is 0. The zero-order valence-corrected chi connectivity index (χ0v) is 48.6. The first-order valence-corrected chi connectivity index (χ1v) is 28.8. The van der Waals surface area contributed by atoms with E-state index in [-0.39, 0.29) is 17.1 Å². The van der Waals surface area contributed by atoms with Crippen LogP contribution in [0, 0.1) is 0 Å². The van der Waals surface area contributed by atoms with Gasteiger partial charge in [-0.15, -0.1) is 0 Å². The van der Waals surface area contributed by atoms with Gasteiger partial charge >= 0.3 is 17.1 Å². The molecule has 0 amide bonds. The summed E-state index contributed by atoms with van der Waals surface area (Å²) in [5.41, 5.74) is 12.5. The lowest BCUT2D eigenvalue weighted by Gasteiger charge is -2.08. The van der Waals surface area contributed by atoms with Crippen LogP contribution < -0.4 is 17.1 Å². The van der Waals surface area contributed by atoms with E-state index < -0.39 is 0 Å². The molecule has 17 heteroatoms. The van der Waals surface area contributed by atoms with Crippen LogP contribution in [0.2, 0.25) is 0 Å². The molecule has 9 aromatic heterocycles. The molecule has 0 bridgehead atoms. The van der Waals surface area contributed by atoms with Crippen LogP contribution in [0.5, 0.6) is 0 Å². The SMILES string of the molecule is Brc1cccc(-c2cccc(-c3cccc(Br)n3)n2)n1.O=c1[nH]c2ccccc2n1-c1ccccc1.O=c1n(-c2ccccc2)c2ccccc2n1-c1cccc(-c2cccc(-c3cccc(-n4c(=O)n(-c5ccccc5)c5ccccc54)n3)n2)n1. The van der Waals surface area contributed by atoms with Crippen LogP contribution in [-0.2, 0) is 0 Å². The summed E-state index contributed by atoms with van der Waals surface area (Å²) in [6.45, 7) is 0. The summed E-state index contributed by atoms with van der Waals surface area (Å²) in [5.74, 6) is 0.972. The maximum absolute atomic E-state index is 13.9. The quantitative estimate of drug-likeness (QED) is 0.138. The highest BCUT2D eigenvalue weighted by atomic mass is 79.9. The van der Waals surface area contributed by atoms with Crippen LogP contribution in [0.1, 0.15) is 0 Å². The molecule has 6 aromatic carbocycles. The average Bonchev–Trinajstić information content (AvgIpc) is 2.90. The molecule has 1 N–H and O–H groups in total. The van der Waals surface area contributed by atoms with Gasteiger partial charge in [0, 0.05) is 0 Å². The first-order chi connectivity index (χ1) is 42.2. The lowest BCUT2D eigenvalue weighted by Crippen LogP contribution is -2.22. The van der Waals surface area contributed by atoms with Crippen LogP contribution in [0.4, 0.5) is 0 Å². The Morgan fingerprint density at radius 2 is 0.547 bits per heavy atom. The number of H-pyrrole nitrogens is 1. The highest BCUT2D eigenvalue weighted by Crippen LogP contribution is 2.28. The number of rotatable bonds is 9. The molecule has 0 aliphatic carbocycles. The summed E-state index contributed by atoms with van der Waals surface area (Å²) in [7, 11) is 0. The van der Waals surface area contributed by atoms with E-state index in [2.05, 4.69) is 51.8 Å². The number of aromatic nitrogens is 12. The lowest BCUT2D eigenvalue weighted by atomic mass is 10.2. The highest BCUT2D eigenvalue weighted by molar-refractivity contribution is 9.10. The second-order valence-electron chi connectivity index (χ2n) is 19.4. The van der Waals surface area contributed by atoms with Crippen molar-refractivity contribution < 1.29 is 0 Å². The summed E-state index contributed by atoms with van der Waals surface area (Å²) in [6.07, 6.45) is 0. The van der Waals surface area contributed by atoms with Crippen LogP contribution in [-0.4, -0.2) is 57.7 Å². The number of benzene rings is 6. The highest BCUT2D eigenvalue weighted by Gasteiger charge is 2.20. The Bertz CT molecular complexity index is 4880. The number of imidazole rings is 3. The van der Waals surface area contributed by atoms with Crippen molar-refractivity contribution in [2.75, 3.05) is 0 Å². The van der Waals surface area contributed by atoms with Gasteiger partial charge in [0.1, 0.15) is 20.8 Å². The predicted molar refractivity (Wildman–Crippen MR) is 346 cm³/mol. The third-order valence-corrected chi connectivity index (χ3v) is 14.9. The molecule has 15 aromatic rings. The predicted octanol–water partition coefficient (Wildman–Crippen LogP) is 14.4. The van der Waals surface area contributed by atoms with E-state index in [0.29, 0.717) is 34.4 Å². The number of nitrogens with one attached hydrogen (secondary N) is 1. The van der Waals surface area contributed by atoms with Gasteiger partial charge in [-0.05, 0) is 177 Å². The summed E-state index contributed by atoms with van der Waals surface area (Å²) in [4.78, 5) is 70.8. The van der Waals surface area contributed by atoms with Crippen LogP contribution in [0.3, 0.4) is 0 Å². The van der Waals surface area contributed by atoms with Gasteiger partial charge in [0.05, 0.1) is 95.7 Å². The second-order valence-corrected chi connectivity index (χ2v) is 21.1. The molecule has 0 atom stereocenters. The molecule has 0 aliphatic rings. The van der Waals surface area contributed by atoms with Crippen molar-refractivity contribution in [2.45, 2.75) is 0 Å². The van der Waals surface area contributed by atoms with E-state index in [1.807, 2.05) is 273 Å². The fourth-order valence-electron chi connectivity index (χ4n) is 10.2. The fourth-order valence-corrected chi connectivity index (χ4v) is 10.9. The Morgan fingerprint density at radius 3 is 0.930 bits per heavy atom. The van der Waals surface area contributed by atoms with Crippen molar-refractivity contribution >= 4 is 65.0 Å². The van der Waals surface area contributed by atoms with Gasteiger partial charge in [0.25, 0.3) is 0 Å². The second kappa shape index (κ2) is 24.1. The monoisotopic (exact) mass is 1250 g/mol. The van der Waals surface area contributed by atoms with Gasteiger partial charge in [0.2, 0.25) is 0 Å². The van der Waals surface area contributed by atoms with Gasteiger partial charge < -0.3 is 4.98 Å². The van der Waals surface area contributed by atoms with E-state index in [4.69, 9.17) is 15.0 Å². The number of aromatic amines is 1. The van der Waals surface area contributed by atoms with Crippen molar-refractivity contribution in [3.63, 3.8) is 0 Å². The van der Waals surface area contributed by atoms with E-state index in [9.17, 15) is 14.4 Å². The number of para-hydroxylation sites is 9. The average molecular weight is 1250 g/mol. The third kappa shape index (κ3) is 10.9. The minimum absolute atomic E-state index is 0.104. The molecule has 9 heterocycles. The molecule has 0 saturated carbocycles. The van der Waals surface area contributed by atoms with Crippen molar-refractivity contribution in [2.24, 2.45) is 0 Å². The van der Waals surface area contributed by atoms with Crippen molar-refractivity contribution in [3.8, 4) is 74.2 Å². The van der Waals surface area contributed by atoms with Gasteiger partial charge in [-0.3, -0.25) is 13.7 Å². The van der Waals surface area contributed by atoms with E-state index in [1.54, 1.807) is 22.8 Å². The van der Waals surface area contributed by atoms with Gasteiger partial charge in [-0.2, -0.15) is 0 Å². The number of hydrogen-bond donors (Lipinski definition) is 1. The Balaban J connectivity index is 0.000000154. The molecule has 0 radical (unpaired) electrons. The maximum atomic E-state index is 13.9. The minimum atomic E-state index is -0.214. The fraction of sp³-hybridized carbons (Fsp3) is 0. The van der Waals surface area contributed by atoms with Gasteiger partial charge in [-0.1, -0.05) is 127 Å². The Labute approximate surface area is 507 Å². The molecule has 0 spiro atoms. The smallest absolute Gasteiger partial charge is 0.305 e. The molecule has 0 unspecified atom stereocenters. The van der Waals surface area contributed by atoms with Crippen molar-refractivity contribution in [1.29, 1.82) is 0 Å². The largest absolute Gasteiger partial charge is 0.339 e. The molecule has 0 aliphatic heterocycles. The van der Waals surface area contributed by atoms with E-state index >= 15 is 0 Å². The normalized spacial score (nSPS) is 11.0. The molecule has 15 rings (SSSR count). The van der Waals surface area contributed by atoms with Crippen molar-refractivity contribution in [1.82, 2.24) is 57.7 Å². The van der Waals surface area contributed by atoms with Crippen LogP contribution >= 0.6 is 31.9 Å². The molecular weight excluding hydrogens is 1200 g/mol. The van der Waals surface area contributed by atoms with Gasteiger partial charge in [0.15, 0.2) is 0 Å². The Morgan fingerprint density at radius 1 is 0.256 bits per heavy atom. The standard InChI is InChI=1S/C41H27N7O2.C15H9Br2N3.C13H10N2O/c49-40-45(28-14-3-1-4-15-28)34-22-7-9-24-36(34)47(40)38-26-12-20-32(43-38)30-18-11-19-31(42-30)33-21-13-27-39(44-33)48-37-25-10-8-23-35(37)46(41(48)50)29-16-5-2-6-17-29;16-14-8-2-6-12(19-14)10-4-1-5-11(18-10)13-7-3-9-15(17)20-13;16-13-14-11-8-4-5-9-12(11)15(13)10-6-2-1-3-7-10/h1-27H;1-9H;1-9H,(H,14,16). The number of halogens is 2. The summed E-state index contributed by atoms with van der Waals surface area (Å²) < 4.78 is 9.92. The maximum Gasteiger partial charge on any atom is 0.339 e. The molecule has 15 nitrogen and oxygen atoms in total. The van der Waals surface area contributed by atoms with Crippen LogP contribution in [0.25, 0.3) is 107 Å². The summed E-state index contributed by atoms with van der Waals surface area (Å²) in [6, 6.07) is 86.0. The first kappa shape index (κ1) is 54.3. The number of fused-ring (bicyclic) bond motifs is 3. The first-order valence-electron chi connectivity index (χ1n) is 27.2. The van der Waals surface area contributed by atoms with Crippen LogP contribution in [0.15, 0.2) is 297 Å². The number of nitrogens with zero attached hydrogens (tertiary/aromatic N) is 11. The van der Waals surface area contributed by atoms with E-state index in [1.165, 1.54) is 0 Å². The number of pyridine rings is 6. The molecular formula is C69H46Br2N12O3. The zero-order chi connectivity index (χ0) is 58.5. The zero-order valence-electron chi connectivity index (χ0n) is 45.4. The molecule has 86 heavy (non-hydrogen) atoms. The lowest BCUT2D eigenvalue weighted by molar-refractivity contribution is 0.904. The Hall–Kier alpha value is -11.0.